The van der Waals surface area contributed by atoms with Crippen LogP contribution in [-0.2, 0) is 10.3 Å². The predicted molar refractivity (Wildman–Crippen MR) is 140 cm³/mol. The molecule has 0 aliphatic carbocycles. The number of benzene rings is 2. The molecule has 1 saturated heterocycles. The Morgan fingerprint density at radius 1 is 1.05 bits per heavy atom. The van der Waals surface area contributed by atoms with Crippen LogP contribution >= 0.6 is 0 Å². The number of hydrogen-bond donors (Lipinski definition) is 1. The van der Waals surface area contributed by atoms with E-state index in [4.69, 9.17) is 20.2 Å². The molecule has 10 heteroatoms. The van der Waals surface area contributed by atoms with E-state index in [1.54, 1.807) is 23.4 Å². The third-order valence-electron chi connectivity index (χ3n) is 6.40. The van der Waals surface area contributed by atoms with Crippen LogP contribution in [0.2, 0.25) is 0 Å². The minimum Gasteiger partial charge on any atom is -0.488 e. The quantitative estimate of drug-likeness (QED) is 0.384. The lowest BCUT2D eigenvalue weighted by atomic mass is 10.0. The van der Waals surface area contributed by atoms with Crippen molar-refractivity contribution in [2.24, 2.45) is 0 Å². The second-order valence-corrected chi connectivity index (χ2v) is 10.1. The molecule has 0 radical (unpaired) electrons. The summed E-state index contributed by atoms with van der Waals surface area (Å²) < 4.78 is 15.8. The summed E-state index contributed by atoms with van der Waals surface area (Å²) in [5.41, 5.74) is 10.9. The first kappa shape index (κ1) is 23.1. The van der Waals surface area contributed by atoms with E-state index >= 15 is 0 Å². The van der Waals surface area contributed by atoms with Crippen LogP contribution in [0.3, 0.4) is 0 Å². The summed E-state index contributed by atoms with van der Waals surface area (Å²) in [6.07, 6.45) is 7.57. The van der Waals surface area contributed by atoms with E-state index in [2.05, 4.69) is 63.6 Å². The largest absolute Gasteiger partial charge is 0.488 e. The van der Waals surface area contributed by atoms with Gasteiger partial charge in [-0.2, -0.15) is 5.10 Å². The van der Waals surface area contributed by atoms with Crippen molar-refractivity contribution in [3.63, 3.8) is 0 Å². The summed E-state index contributed by atoms with van der Waals surface area (Å²) in [4.78, 5) is 17.6. The molecule has 1 unspecified atom stereocenters. The summed E-state index contributed by atoms with van der Waals surface area (Å²) in [6, 6.07) is 12.2. The number of nitrogens with zero attached hydrogens (tertiary/aromatic N) is 7. The van der Waals surface area contributed by atoms with Crippen molar-refractivity contribution in [1.82, 2.24) is 34.3 Å². The monoisotopic (exact) mass is 496 g/mol. The first-order valence-electron chi connectivity index (χ1n) is 12.2. The van der Waals surface area contributed by atoms with E-state index < -0.39 is 0 Å². The molecule has 10 nitrogen and oxygen atoms in total. The van der Waals surface area contributed by atoms with Crippen molar-refractivity contribution in [1.29, 1.82) is 0 Å². The Hall–Kier alpha value is -4.31. The van der Waals surface area contributed by atoms with E-state index in [-0.39, 0.29) is 17.6 Å². The molecular formula is C27H28N8O2. The van der Waals surface area contributed by atoms with Gasteiger partial charge in [0.2, 0.25) is 5.95 Å². The van der Waals surface area contributed by atoms with Gasteiger partial charge in [0.05, 0.1) is 29.9 Å². The molecule has 188 valence electrons. The maximum atomic E-state index is 6.26. The van der Waals surface area contributed by atoms with E-state index in [1.165, 1.54) is 6.33 Å². The van der Waals surface area contributed by atoms with Gasteiger partial charge in [0.25, 0.3) is 0 Å². The van der Waals surface area contributed by atoms with Gasteiger partial charge >= 0.3 is 0 Å². The first-order valence-corrected chi connectivity index (χ1v) is 12.2. The van der Waals surface area contributed by atoms with E-state index in [0.717, 1.165) is 58.0 Å². The van der Waals surface area contributed by atoms with Crippen LogP contribution in [0.1, 0.15) is 27.2 Å². The highest BCUT2D eigenvalue weighted by atomic mass is 16.5. The minimum atomic E-state index is -0.258. The number of nitrogen functional groups attached to an aromatic ring is 1. The SMILES string of the molecule is CC(C)(C)n1c(-c2cc(OC3CCOC3)ccc2-n2cncn2)nc2cc(-c3cnc(N)nc3)ccc21. The van der Waals surface area contributed by atoms with Gasteiger partial charge in [-0.15, -0.1) is 0 Å². The molecule has 1 fully saturated rings. The van der Waals surface area contributed by atoms with E-state index in [0.29, 0.717) is 6.61 Å². The lowest BCUT2D eigenvalue weighted by Crippen LogP contribution is -2.23. The predicted octanol–water partition coefficient (Wildman–Crippen LogP) is 4.25. The topological polar surface area (TPSA) is 119 Å². The molecule has 5 aromatic rings. The molecule has 2 aromatic carbocycles. The van der Waals surface area contributed by atoms with Gasteiger partial charge in [-0.05, 0) is 56.7 Å². The van der Waals surface area contributed by atoms with Crippen LogP contribution in [0.5, 0.6) is 5.75 Å². The van der Waals surface area contributed by atoms with Crippen LogP contribution < -0.4 is 10.5 Å². The van der Waals surface area contributed by atoms with Gasteiger partial charge in [0, 0.05) is 35.5 Å². The van der Waals surface area contributed by atoms with Gasteiger partial charge < -0.3 is 19.8 Å². The average Bonchev–Trinajstić information content (AvgIpc) is 3.64. The van der Waals surface area contributed by atoms with Crippen LogP contribution in [0.4, 0.5) is 5.95 Å². The molecule has 0 amide bonds. The minimum absolute atomic E-state index is 0.0381. The van der Waals surface area contributed by atoms with E-state index in [9.17, 15) is 0 Å². The van der Waals surface area contributed by atoms with Crippen molar-refractivity contribution in [2.45, 2.75) is 38.8 Å². The summed E-state index contributed by atoms with van der Waals surface area (Å²) in [5, 5.41) is 4.40. The summed E-state index contributed by atoms with van der Waals surface area (Å²) in [7, 11) is 0. The molecule has 1 aliphatic heterocycles. The molecule has 3 aromatic heterocycles. The molecular weight excluding hydrogens is 468 g/mol. The van der Waals surface area contributed by atoms with Crippen LogP contribution in [0.25, 0.3) is 39.2 Å². The Kier molecular flexibility index (Phi) is 5.60. The molecule has 0 bridgehead atoms. The summed E-state index contributed by atoms with van der Waals surface area (Å²) in [5.74, 6) is 1.82. The molecule has 4 heterocycles. The molecule has 1 aliphatic rings. The first-order chi connectivity index (χ1) is 17.9. The molecule has 0 spiro atoms. The molecule has 37 heavy (non-hydrogen) atoms. The maximum Gasteiger partial charge on any atom is 0.219 e. The van der Waals surface area contributed by atoms with Crippen LogP contribution in [0, 0.1) is 0 Å². The fraction of sp³-hybridized carbons (Fsp3) is 0.296. The normalized spacial score (nSPS) is 15.9. The summed E-state index contributed by atoms with van der Waals surface area (Å²) >= 11 is 0. The smallest absolute Gasteiger partial charge is 0.219 e. The van der Waals surface area contributed by atoms with Gasteiger partial charge in [-0.1, -0.05) is 6.07 Å². The van der Waals surface area contributed by atoms with Crippen LogP contribution in [0.15, 0.2) is 61.4 Å². The fourth-order valence-corrected chi connectivity index (χ4v) is 4.70. The lowest BCUT2D eigenvalue weighted by Gasteiger charge is -2.25. The van der Waals surface area contributed by atoms with Crippen LogP contribution in [-0.4, -0.2) is 53.6 Å². The van der Waals surface area contributed by atoms with Gasteiger partial charge in [-0.25, -0.2) is 24.6 Å². The number of ether oxygens (including phenoxy) is 2. The molecule has 2 N–H and O–H groups in total. The maximum absolute atomic E-state index is 6.26. The van der Waals surface area contributed by atoms with Crippen molar-refractivity contribution in [3.05, 3.63) is 61.4 Å². The Balaban J connectivity index is 1.54. The third-order valence-corrected chi connectivity index (χ3v) is 6.40. The highest BCUT2D eigenvalue weighted by molar-refractivity contribution is 5.87. The van der Waals surface area contributed by atoms with Gasteiger partial charge in [-0.3, -0.25) is 0 Å². The zero-order valence-electron chi connectivity index (χ0n) is 21.0. The number of hydrogen-bond acceptors (Lipinski definition) is 8. The zero-order valence-corrected chi connectivity index (χ0v) is 21.0. The number of anilines is 1. The number of fused-ring (bicyclic) bond motifs is 1. The third kappa shape index (κ3) is 4.40. The number of aromatic nitrogens is 7. The Morgan fingerprint density at radius 3 is 2.59 bits per heavy atom. The van der Waals surface area contributed by atoms with Crippen molar-refractivity contribution in [3.8, 4) is 34.0 Å². The van der Waals surface area contributed by atoms with Crippen molar-refractivity contribution < 1.29 is 9.47 Å². The van der Waals surface area contributed by atoms with Crippen molar-refractivity contribution >= 4 is 17.0 Å². The highest BCUT2D eigenvalue weighted by Crippen LogP contribution is 2.37. The fourth-order valence-electron chi connectivity index (χ4n) is 4.70. The summed E-state index contributed by atoms with van der Waals surface area (Å²) in [6.45, 7) is 7.83. The molecule has 6 rings (SSSR count). The number of nitrogens with two attached hydrogens (primary N) is 1. The Bertz CT molecular complexity index is 1550. The Morgan fingerprint density at radius 2 is 1.89 bits per heavy atom. The zero-order chi connectivity index (χ0) is 25.6. The number of rotatable bonds is 5. The standard InChI is InChI=1S/C27H28N8O2/c1-27(2,3)35-24-6-4-17(18-12-30-26(28)31-13-18)10-22(24)33-25(35)21-11-19(37-20-8-9-36-14-20)5-7-23(21)34-16-29-15-32-34/h4-7,10-13,15-16,20H,8-9,14H2,1-3H3,(H2,28,30,31). The number of imidazole rings is 1. The highest BCUT2D eigenvalue weighted by Gasteiger charge is 2.26. The second-order valence-electron chi connectivity index (χ2n) is 10.1. The Labute approximate surface area is 214 Å². The second kappa shape index (κ2) is 8.97. The van der Waals surface area contributed by atoms with E-state index in [1.807, 2.05) is 18.2 Å². The molecule has 1 atom stereocenters. The van der Waals surface area contributed by atoms with Crippen molar-refractivity contribution in [2.75, 3.05) is 18.9 Å². The molecule has 0 saturated carbocycles. The van der Waals surface area contributed by atoms with Gasteiger partial charge in [0.1, 0.15) is 30.3 Å². The lowest BCUT2D eigenvalue weighted by molar-refractivity contribution is 0.141. The average molecular weight is 497 g/mol. The van der Waals surface area contributed by atoms with Gasteiger partial charge in [0.15, 0.2) is 0 Å².